The third-order valence-electron chi connectivity index (χ3n) is 4.63. The van der Waals surface area contributed by atoms with Gasteiger partial charge in [0.05, 0.1) is 0 Å². The summed E-state index contributed by atoms with van der Waals surface area (Å²) in [6.45, 7) is 9.90. The molecule has 1 atom stereocenters. The molecule has 2 saturated carbocycles. The average Bonchev–Trinajstić information content (AvgIpc) is 3.29. The van der Waals surface area contributed by atoms with Crippen molar-refractivity contribution >= 4 is 0 Å². The van der Waals surface area contributed by atoms with Crippen LogP contribution in [0.3, 0.4) is 0 Å². The molecule has 19 heavy (non-hydrogen) atoms. The fourth-order valence-electron chi connectivity index (χ4n) is 2.95. The van der Waals surface area contributed by atoms with E-state index < -0.39 is 0 Å². The summed E-state index contributed by atoms with van der Waals surface area (Å²) in [7, 11) is 0. The molecule has 0 aromatic rings. The molecule has 2 aliphatic rings. The van der Waals surface area contributed by atoms with Crippen LogP contribution in [0.1, 0.15) is 65.2 Å². The van der Waals surface area contributed by atoms with Gasteiger partial charge in [0.1, 0.15) is 0 Å². The van der Waals surface area contributed by atoms with Crippen molar-refractivity contribution in [3.63, 3.8) is 0 Å². The standard InChI is InChI=1S/C17H34N2/c1-3-11-18-17(4-2)6-5-12-19(13-15-7-8-15)14-16-9-10-16/h15-18H,3-14H2,1-2H3. The Labute approximate surface area is 120 Å². The van der Waals surface area contributed by atoms with E-state index in [0.29, 0.717) is 0 Å². The van der Waals surface area contributed by atoms with Gasteiger partial charge in [0.2, 0.25) is 0 Å². The topological polar surface area (TPSA) is 15.3 Å². The highest BCUT2D eigenvalue weighted by Crippen LogP contribution is 2.33. The van der Waals surface area contributed by atoms with Crippen LogP contribution in [0.15, 0.2) is 0 Å². The first-order chi connectivity index (χ1) is 9.31. The molecule has 0 spiro atoms. The highest BCUT2D eigenvalue weighted by Gasteiger charge is 2.28. The maximum atomic E-state index is 3.68. The Morgan fingerprint density at radius 3 is 2.16 bits per heavy atom. The predicted octanol–water partition coefficient (Wildman–Crippen LogP) is 3.67. The van der Waals surface area contributed by atoms with Crippen molar-refractivity contribution in [2.24, 2.45) is 11.8 Å². The van der Waals surface area contributed by atoms with Gasteiger partial charge in [0, 0.05) is 19.1 Å². The van der Waals surface area contributed by atoms with Gasteiger partial charge in [-0.3, -0.25) is 0 Å². The van der Waals surface area contributed by atoms with Crippen LogP contribution in [-0.2, 0) is 0 Å². The zero-order valence-electron chi connectivity index (χ0n) is 13.2. The Morgan fingerprint density at radius 2 is 1.68 bits per heavy atom. The molecule has 0 amide bonds. The lowest BCUT2D eigenvalue weighted by molar-refractivity contribution is 0.242. The fourth-order valence-corrected chi connectivity index (χ4v) is 2.95. The van der Waals surface area contributed by atoms with Gasteiger partial charge < -0.3 is 10.2 Å². The maximum absolute atomic E-state index is 3.68. The van der Waals surface area contributed by atoms with E-state index in [0.717, 1.165) is 17.9 Å². The van der Waals surface area contributed by atoms with Crippen molar-refractivity contribution in [1.82, 2.24) is 10.2 Å². The molecule has 2 nitrogen and oxygen atoms in total. The van der Waals surface area contributed by atoms with E-state index in [2.05, 4.69) is 24.1 Å². The zero-order chi connectivity index (χ0) is 13.5. The first-order valence-corrected chi connectivity index (χ1v) is 8.77. The van der Waals surface area contributed by atoms with E-state index in [1.807, 2.05) is 0 Å². The van der Waals surface area contributed by atoms with Crippen molar-refractivity contribution in [2.75, 3.05) is 26.2 Å². The van der Waals surface area contributed by atoms with Crippen LogP contribution in [0.4, 0.5) is 0 Å². The van der Waals surface area contributed by atoms with Crippen LogP contribution in [-0.4, -0.2) is 37.1 Å². The Morgan fingerprint density at radius 1 is 1.05 bits per heavy atom. The van der Waals surface area contributed by atoms with Gasteiger partial charge in [0.25, 0.3) is 0 Å². The number of nitrogens with one attached hydrogen (secondary N) is 1. The van der Waals surface area contributed by atoms with E-state index in [1.165, 1.54) is 77.5 Å². The molecule has 112 valence electrons. The normalized spacial score (nSPS) is 21.0. The minimum atomic E-state index is 0.753. The zero-order valence-corrected chi connectivity index (χ0v) is 13.2. The monoisotopic (exact) mass is 266 g/mol. The Kier molecular flexibility index (Phi) is 6.66. The van der Waals surface area contributed by atoms with Crippen molar-refractivity contribution in [3.8, 4) is 0 Å². The van der Waals surface area contributed by atoms with Crippen LogP contribution in [0, 0.1) is 11.8 Å². The van der Waals surface area contributed by atoms with Gasteiger partial charge in [-0.15, -0.1) is 0 Å². The summed E-state index contributed by atoms with van der Waals surface area (Å²) in [5.74, 6) is 2.11. The van der Waals surface area contributed by atoms with Gasteiger partial charge in [-0.1, -0.05) is 13.8 Å². The summed E-state index contributed by atoms with van der Waals surface area (Å²) in [6.07, 6.45) is 11.3. The second kappa shape index (κ2) is 8.26. The quantitative estimate of drug-likeness (QED) is 0.580. The van der Waals surface area contributed by atoms with Gasteiger partial charge >= 0.3 is 0 Å². The van der Waals surface area contributed by atoms with Gasteiger partial charge in [-0.25, -0.2) is 0 Å². The van der Waals surface area contributed by atoms with E-state index >= 15 is 0 Å². The highest BCUT2D eigenvalue weighted by molar-refractivity contribution is 4.82. The summed E-state index contributed by atoms with van der Waals surface area (Å²) >= 11 is 0. The molecule has 1 unspecified atom stereocenters. The highest BCUT2D eigenvalue weighted by atomic mass is 15.1. The molecule has 0 aromatic heterocycles. The summed E-state index contributed by atoms with van der Waals surface area (Å²) in [5.41, 5.74) is 0. The molecule has 0 heterocycles. The molecular formula is C17H34N2. The molecular weight excluding hydrogens is 232 g/mol. The largest absolute Gasteiger partial charge is 0.314 e. The second-order valence-electron chi connectivity index (χ2n) is 6.85. The molecule has 0 saturated heterocycles. The van der Waals surface area contributed by atoms with Crippen molar-refractivity contribution in [2.45, 2.75) is 71.3 Å². The number of nitrogens with zero attached hydrogens (tertiary/aromatic N) is 1. The molecule has 2 aliphatic carbocycles. The minimum Gasteiger partial charge on any atom is -0.314 e. The number of rotatable bonds is 12. The van der Waals surface area contributed by atoms with Crippen molar-refractivity contribution in [1.29, 1.82) is 0 Å². The summed E-state index contributed by atoms with van der Waals surface area (Å²) in [5, 5.41) is 3.68. The first kappa shape index (κ1) is 15.3. The lowest BCUT2D eigenvalue weighted by Gasteiger charge is -2.23. The summed E-state index contributed by atoms with van der Waals surface area (Å²) < 4.78 is 0. The third-order valence-corrected chi connectivity index (χ3v) is 4.63. The second-order valence-corrected chi connectivity index (χ2v) is 6.85. The predicted molar refractivity (Wildman–Crippen MR) is 83.5 cm³/mol. The molecule has 2 fully saturated rings. The van der Waals surface area contributed by atoms with Gasteiger partial charge in [-0.05, 0) is 76.3 Å². The van der Waals surface area contributed by atoms with Crippen molar-refractivity contribution in [3.05, 3.63) is 0 Å². The van der Waals surface area contributed by atoms with Gasteiger partial charge in [-0.2, -0.15) is 0 Å². The van der Waals surface area contributed by atoms with Crippen LogP contribution >= 0.6 is 0 Å². The average molecular weight is 266 g/mol. The fraction of sp³-hybridized carbons (Fsp3) is 1.00. The van der Waals surface area contributed by atoms with Crippen LogP contribution < -0.4 is 5.32 Å². The third kappa shape index (κ3) is 6.76. The molecule has 0 bridgehead atoms. The summed E-state index contributed by atoms with van der Waals surface area (Å²) in [4.78, 5) is 2.78. The van der Waals surface area contributed by atoms with E-state index in [4.69, 9.17) is 0 Å². The number of hydrogen-bond donors (Lipinski definition) is 1. The smallest absolute Gasteiger partial charge is 0.00649 e. The lowest BCUT2D eigenvalue weighted by atomic mass is 10.1. The van der Waals surface area contributed by atoms with E-state index in [9.17, 15) is 0 Å². The Hall–Kier alpha value is -0.0800. The molecule has 0 aliphatic heterocycles. The van der Waals surface area contributed by atoms with Crippen LogP contribution in [0.5, 0.6) is 0 Å². The van der Waals surface area contributed by atoms with Crippen LogP contribution in [0.25, 0.3) is 0 Å². The maximum Gasteiger partial charge on any atom is 0.00649 e. The summed E-state index contributed by atoms with van der Waals surface area (Å²) in [6, 6.07) is 0.753. The Balaban J connectivity index is 1.59. The van der Waals surface area contributed by atoms with E-state index in [1.54, 1.807) is 0 Å². The molecule has 1 N–H and O–H groups in total. The van der Waals surface area contributed by atoms with Crippen LogP contribution in [0.2, 0.25) is 0 Å². The van der Waals surface area contributed by atoms with Crippen molar-refractivity contribution < 1.29 is 0 Å². The Bertz CT molecular complexity index is 219. The van der Waals surface area contributed by atoms with Gasteiger partial charge in [0.15, 0.2) is 0 Å². The first-order valence-electron chi connectivity index (χ1n) is 8.77. The molecule has 0 aromatic carbocycles. The van der Waals surface area contributed by atoms with E-state index in [-0.39, 0.29) is 0 Å². The molecule has 0 radical (unpaired) electrons. The lowest BCUT2D eigenvalue weighted by Crippen LogP contribution is -2.32. The SMILES string of the molecule is CCCNC(CC)CCCN(CC1CC1)CC1CC1. The molecule has 2 rings (SSSR count). The molecule has 2 heteroatoms. The minimum absolute atomic E-state index is 0.753. The number of hydrogen-bond acceptors (Lipinski definition) is 2.